The molecule has 1 atom stereocenters. The second-order valence-corrected chi connectivity index (χ2v) is 6.60. The molecule has 126 valence electrons. The molecule has 0 aliphatic carbocycles. The van der Waals surface area contributed by atoms with E-state index in [1.807, 2.05) is 0 Å². The molecule has 0 spiro atoms. The number of ether oxygens (including phenoxy) is 1. The number of nitrogens with one attached hydrogen (secondary N) is 1. The van der Waals surface area contributed by atoms with E-state index in [-0.39, 0.29) is 6.04 Å². The number of anilines is 2. The Morgan fingerprint density at radius 3 is 2.65 bits per heavy atom. The minimum Gasteiger partial charge on any atom is -0.465 e. The van der Waals surface area contributed by atoms with Crippen LogP contribution >= 0.6 is 0 Å². The average Bonchev–Trinajstić information content (AvgIpc) is 2.36. The summed E-state index contributed by atoms with van der Waals surface area (Å²) in [5, 5.41) is 12.1. The predicted octanol–water partition coefficient (Wildman–Crippen LogP) is 2.39. The van der Waals surface area contributed by atoms with Gasteiger partial charge in [0.2, 0.25) is 0 Å². The number of rotatable bonds is 4. The summed E-state index contributed by atoms with van der Waals surface area (Å²) in [6.45, 7) is 6.42. The summed E-state index contributed by atoms with van der Waals surface area (Å²) < 4.78 is 5.33. The molecule has 7 nitrogen and oxygen atoms in total. The van der Waals surface area contributed by atoms with Crippen LogP contribution in [0.1, 0.15) is 37.6 Å². The largest absolute Gasteiger partial charge is 0.465 e. The molecule has 0 unspecified atom stereocenters. The Balaban J connectivity index is 2.03. The van der Waals surface area contributed by atoms with Crippen molar-refractivity contribution >= 4 is 23.4 Å². The SMILES string of the molecule is CC(C)(C)OC(=O)c1ccc(N)c(NC[C@H]2CCN2C(=O)O)c1. The maximum Gasteiger partial charge on any atom is 0.407 e. The quantitative estimate of drug-likeness (QED) is 0.581. The van der Waals surface area contributed by atoms with Gasteiger partial charge < -0.3 is 25.8 Å². The van der Waals surface area contributed by atoms with E-state index >= 15 is 0 Å². The van der Waals surface area contributed by atoms with Gasteiger partial charge >= 0.3 is 12.1 Å². The fourth-order valence-corrected chi connectivity index (χ4v) is 2.31. The Kier molecular flexibility index (Phi) is 4.68. The van der Waals surface area contributed by atoms with E-state index in [0.29, 0.717) is 30.0 Å². The topological polar surface area (TPSA) is 105 Å². The molecule has 1 aromatic rings. The normalized spacial score (nSPS) is 17.3. The number of esters is 1. The summed E-state index contributed by atoms with van der Waals surface area (Å²) in [4.78, 5) is 24.4. The zero-order valence-corrected chi connectivity index (χ0v) is 13.6. The number of benzene rings is 1. The first-order valence-corrected chi connectivity index (χ1v) is 7.53. The van der Waals surface area contributed by atoms with Crippen LogP contribution < -0.4 is 11.1 Å². The maximum atomic E-state index is 12.1. The minimum absolute atomic E-state index is 0.0721. The van der Waals surface area contributed by atoms with Crippen LogP contribution in [0.15, 0.2) is 18.2 Å². The van der Waals surface area contributed by atoms with Crippen molar-refractivity contribution in [3.05, 3.63) is 23.8 Å². The van der Waals surface area contributed by atoms with E-state index < -0.39 is 17.7 Å². The van der Waals surface area contributed by atoms with Gasteiger partial charge in [0, 0.05) is 13.1 Å². The molecule has 23 heavy (non-hydrogen) atoms. The van der Waals surface area contributed by atoms with Gasteiger partial charge in [-0.2, -0.15) is 0 Å². The zero-order chi connectivity index (χ0) is 17.2. The number of nitrogen functional groups attached to an aromatic ring is 1. The smallest absolute Gasteiger partial charge is 0.407 e. The molecule has 4 N–H and O–H groups in total. The van der Waals surface area contributed by atoms with Gasteiger partial charge in [-0.05, 0) is 45.4 Å². The van der Waals surface area contributed by atoms with Crippen LogP contribution in [0.25, 0.3) is 0 Å². The van der Waals surface area contributed by atoms with Gasteiger partial charge in [0.1, 0.15) is 5.60 Å². The molecule has 1 saturated heterocycles. The first kappa shape index (κ1) is 16.9. The van der Waals surface area contributed by atoms with Crippen molar-refractivity contribution < 1.29 is 19.4 Å². The van der Waals surface area contributed by atoms with Gasteiger partial charge in [0.25, 0.3) is 0 Å². The molecule has 1 heterocycles. The van der Waals surface area contributed by atoms with Gasteiger partial charge in [-0.3, -0.25) is 0 Å². The Morgan fingerprint density at radius 2 is 2.13 bits per heavy atom. The highest BCUT2D eigenvalue weighted by molar-refractivity contribution is 5.92. The van der Waals surface area contributed by atoms with Gasteiger partial charge in [-0.25, -0.2) is 9.59 Å². The number of hydrogen-bond acceptors (Lipinski definition) is 5. The van der Waals surface area contributed by atoms with Crippen molar-refractivity contribution in [3.8, 4) is 0 Å². The lowest BCUT2D eigenvalue weighted by Crippen LogP contribution is -2.53. The highest BCUT2D eigenvalue weighted by atomic mass is 16.6. The summed E-state index contributed by atoms with van der Waals surface area (Å²) in [5.41, 5.74) is 6.85. The molecule has 0 saturated carbocycles. The number of hydrogen-bond donors (Lipinski definition) is 3. The van der Waals surface area contributed by atoms with Crippen LogP contribution in [-0.2, 0) is 4.74 Å². The second-order valence-electron chi connectivity index (χ2n) is 6.60. The van der Waals surface area contributed by atoms with Gasteiger partial charge in [-0.1, -0.05) is 0 Å². The average molecular weight is 321 g/mol. The fourth-order valence-electron chi connectivity index (χ4n) is 2.31. The summed E-state index contributed by atoms with van der Waals surface area (Å²) in [6, 6.07) is 4.81. The number of amides is 1. The number of nitrogens with zero attached hydrogens (tertiary/aromatic N) is 1. The Morgan fingerprint density at radius 1 is 1.43 bits per heavy atom. The van der Waals surface area contributed by atoms with E-state index in [1.54, 1.807) is 39.0 Å². The molecule has 0 aromatic heterocycles. The standard InChI is InChI=1S/C16H23N3O4/c1-16(2,3)23-14(20)10-4-5-12(17)13(8-10)18-9-11-6-7-19(11)15(21)22/h4-5,8,11,18H,6-7,9,17H2,1-3H3,(H,21,22)/t11-/m1/s1. The van der Waals surface area contributed by atoms with Crippen molar-refractivity contribution in [2.24, 2.45) is 0 Å². The van der Waals surface area contributed by atoms with Crippen molar-refractivity contribution in [1.82, 2.24) is 4.90 Å². The second kappa shape index (κ2) is 6.36. The fraction of sp³-hybridized carbons (Fsp3) is 0.500. The lowest BCUT2D eigenvalue weighted by Gasteiger charge is -2.39. The Hall–Kier alpha value is -2.44. The zero-order valence-electron chi connectivity index (χ0n) is 13.6. The van der Waals surface area contributed by atoms with E-state index in [1.165, 1.54) is 4.90 Å². The highest BCUT2D eigenvalue weighted by Crippen LogP contribution is 2.24. The monoisotopic (exact) mass is 321 g/mol. The third-order valence-corrected chi connectivity index (χ3v) is 3.61. The van der Waals surface area contributed by atoms with Crippen LogP contribution in [0.5, 0.6) is 0 Å². The number of carbonyl (C=O) groups is 2. The first-order chi connectivity index (χ1) is 10.7. The third kappa shape index (κ3) is 4.28. The van der Waals surface area contributed by atoms with Crippen LogP contribution in [-0.4, -0.2) is 46.8 Å². The lowest BCUT2D eigenvalue weighted by atomic mass is 10.0. The van der Waals surface area contributed by atoms with E-state index in [2.05, 4.69) is 5.32 Å². The maximum absolute atomic E-state index is 12.1. The lowest BCUT2D eigenvalue weighted by molar-refractivity contribution is 0.00695. The summed E-state index contributed by atoms with van der Waals surface area (Å²) in [6.07, 6.45) is -0.108. The molecule has 1 aromatic carbocycles. The Bertz CT molecular complexity index is 610. The molecule has 2 rings (SSSR count). The molecule has 1 fully saturated rings. The van der Waals surface area contributed by atoms with Gasteiger partial charge in [-0.15, -0.1) is 0 Å². The number of nitrogens with two attached hydrogens (primary N) is 1. The van der Waals surface area contributed by atoms with Gasteiger partial charge in [0.15, 0.2) is 0 Å². The van der Waals surface area contributed by atoms with Crippen LogP contribution in [0.3, 0.4) is 0 Å². The van der Waals surface area contributed by atoms with Gasteiger partial charge in [0.05, 0.1) is 23.0 Å². The minimum atomic E-state index is -0.918. The molecule has 1 amide bonds. The highest BCUT2D eigenvalue weighted by Gasteiger charge is 2.31. The molecule has 0 bridgehead atoms. The molecule has 1 aliphatic rings. The molecular formula is C16H23N3O4. The number of carbonyl (C=O) groups excluding carboxylic acids is 1. The summed E-state index contributed by atoms with van der Waals surface area (Å²) in [5.74, 6) is -0.420. The predicted molar refractivity (Wildman–Crippen MR) is 87.6 cm³/mol. The molecular weight excluding hydrogens is 298 g/mol. The third-order valence-electron chi connectivity index (χ3n) is 3.61. The molecule has 1 aliphatic heterocycles. The van der Waals surface area contributed by atoms with Crippen molar-refractivity contribution in [2.75, 3.05) is 24.1 Å². The summed E-state index contributed by atoms with van der Waals surface area (Å²) >= 11 is 0. The number of likely N-dealkylation sites (tertiary alicyclic amines) is 1. The molecule has 0 radical (unpaired) electrons. The summed E-state index contributed by atoms with van der Waals surface area (Å²) in [7, 11) is 0. The molecule has 7 heteroatoms. The first-order valence-electron chi connectivity index (χ1n) is 7.53. The van der Waals surface area contributed by atoms with Crippen LogP contribution in [0.2, 0.25) is 0 Å². The van der Waals surface area contributed by atoms with Crippen molar-refractivity contribution in [1.29, 1.82) is 0 Å². The Labute approximate surface area is 135 Å². The van der Waals surface area contributed by atoms with E-state index in [0.717, 1.165) is 6.42 Å². The number of carboxylic acid groups (broad SMARTS) is 1. The van der Waals surface area contributed by atoms with Crippen LogP contribution in [0, 0.1) is 0 Å². The van der Waals surface area contributed by atoms with Crippen LogP contribution in [0.4, 0.5) is 16.2 Å². The van der Waals surface area contributed by atoms with Crippen molar-refractivity contribution in [2.45, 2.75) is 38.8 Å². The van der Waals surface area contributed by atoms with E-state index in [4.69, 9.17) is 15.6 Å². The van der Waals surface area contributed by atoms with Crippen molar-refractivity contribution in [3.63, 3.8) is 0 Å². The van der Waals surface area contributed by atoms with E-state index in [9.17, 15) is 9.59 Å².